The summed E-state index contributed by atoms with van der Waals surface area (Å²) < 4.78 is 0. The van der Waals surface area contributed by atoms with Gasteiger partial charge in [-0.3, -0.25) is 9.59 Å². The summed E-state index contributed by atoms with van der Waals surface area (Å²) in [5, 5.41) is 14.1. The second-order valence-electron chi connectivity index (χ2n) is 3.23. The zero-order valence-electron chi connectivity index (χ0n) is 8.99. The van der Waals surface area contributed by atoms with Crippen molar-refractivity contribution < 1.29 is 14.7 Å². The molecular formula is C11H14N2O3. The Kier molecular flexibility index (Phi) is 4.32. The van der Waals surface area contributed by atoms with E-state index in [9.17, 15) is 9.59 Å². The van der Waals surface area contributed by atoms with E-state index in [1.54, 1.807) is 7.05 Å². The van der Waals surface area contributed by atoms with Gasteiger partial charge >= 0.3 is 0 Å². The number of benzene rings is 1. The molecule has 1 aromatic rings. The first-order chi connectivity index (χ1) is 7.63. The van der Waals surface area contributed by atoms with E-state index in [0.29, 0.717) is 12.1 Å². The van der Waals surface area contributed by atoms with E-state index < -0.39 is 0 Å². The highest BCUT2D eigenvalue weighted by Crippen LogP contribution is 2.09. The Balaban J connectivity index is 2.41. The summed E-state index contributed by atoms with van der Waals surface area (Å²) >= 11 is 0. The highest BCUT2D eigenvalue weighted by atomic mass is 16.3. The van der Waals surface area contributed by atoms with Gasteiger partial charge < -0.3 is 15.7 Å². The lowest BCUT2D eigenvalue weighted by atomic mass is 10.2. The quantitative estimate of drug-likeness (QED) is 0.683. The van der Waals surface area contributed by atoms with Gasteiger partial charge in [0, 0.05) is 25.6 Å². The third kappa shape index (κ3) is 3.61. The maximum Gasteiger partial charge on any atom is 0.251 e. The van der Waals surface area contributed by atoms with Gasteiger partial charge in [-0.05, 0) is 24.3 Å². The largest absolute Gasteiger partial charge is 0.508 e. The third-order valence-corrected chi connectivity index (χ3v) is 2.05. The molecule has 5 heteroatoms. The first-order valence-electron chi connectivity index (χ1n) is 4.91. The molecule has 0 saturated carbocycles. The minimum atomic E-state index is -0.260. The van der Waals surface area contributed by atoms with E-state index >= 15 is 0 Å². The summed E-state index contributed by atoms with van der Waals surface area (Å²) in [6, 6.07) is 5.91. The fraction of sp³-hybridized carbons (Fsp3) is 0.273. The van der Waals surface area contributed by atoms with Gasteiger partial charge in [0.15, 0.2) is 0 Å². The zero-order chi connectivity index (χ0) is 12.0. The van der Waals surface area contributed by atoms with Crippen LogP contribution in [0.4, 0.5) is 0 Å². The Morgan fingerprint density at radius 1 is 1.25 bits per heavy atom. The molecule has 16 heavy (non-hydrogen) atoms. The van der Waals surface area contributed by atoms with E-state index in [2.05, 4.69) is 10.6 Å². The first-order valence-corrected chi connectivity index (χ1v) is 4.91. The molecule has 0 fully saturated rings. The molecular weight excluding hydrogens is 208 g/mol. The van der Waals surface area contributed by atoms with Gasteiger partial charge in [-0.25, -0.2) is 0 Å². The highest BCUT2D eigenvalue weighted by molar-refractivity contribution is 5.94. The fourth-order valence-electron chi connectivity index (χ4n) is 1.13. The maximum absolute atomic E-state index is 11.5. The molecule has 0 aliphatic carbocycles. The Morgan fingerprint density at radius 3 is 2.44 bits per heavy atom. The standard InChI is InChI=1S/C11H14N2O3/c1-12-10(15)6-7-13-11(16)8-2-4-9(14)5-3-8/h2-5,14H,6-7H2,1H3,(H,12,15)(H,13,16). The number of carbonyl (C=O) groups excluding carboxylic acids is 2. The summed E-state index contributed by atoms with van der Waals surface area (Å²) in [5.74, 6) is -0.267. The van der Waals surface area contributed by atoms with Crippen LogP contribution in [-0.2, 0) is 4.79 Å². The van der Waals surface area contributed by atoms with Crippen molar-refractivity contribution in [3.8, 4) is 5.75 Å². The molecule has 0 unspecified atom stereocenters. The third-order valence-electron chi connectivity index (χ3n) is 2.05. The average molecular weight is 222 g/mol. The molecule has 2 amide bonds. The number of carbonyl (C=O) groups is 2. The molecule has 0 saturated heterocycles. The molecule has 1 rings (SSSR count). The van der Waals surface area contributed by atoms with Crippen molar-refractivity contribution in [1.29, 1.82) is 0 Å². The van der Waals surface area contributed by atoms with Gasteiger partial charge in [0.1, 0.15) is 5.75 Å². The first kappa shape index (κ1) is 12.0. The number of aromatic hydroxyl groups is 1. The molecule has 0 aliphatic heterocycles. The van der Waals surface area contributed by atoms with Crippen LogP contribution < -0.4 is 10.6 Å². The predicted molar refractivity (Wildman–Crippen MR) is 59.1 cm³/mol. The van der Waals surface area contributed by atoms with Crippen molar-refractivity contribution in [2.45, 2.75) is 6.42 Å². The lowest BCUT2D eigenvalue weighted by Gasteiger charge is -2.04. The molecule has 0 radical (unpaired) electrons. The second-order valence-corrected chi connectivity index (χ2v) is 3.23. The molecule has 0 aliphatic rings. The van der Waals surface area contributed by atoms with Gasteiger partial charge in [0.05, 0.1) is 0 Å². The van der Waals surface area contributed by atoms with Crippen molar-refractivity contribution >= 4 is 11.8 Å². The van der Waals surface area contributed by atoms with Crippen LogP contribution in [0, 0.1) is 0 Å². The number of phenolic OH excluding ortho intramolecular Hbond substituents is 1. The van der Waals surface area contributed by atoms with Crippen LogP contribution in [0.1, 0.15) is 16.8 Å². The van der Waals surface area contributed by atoms with Crippen LogP contribution in [-0.4, -0.2) is 30.5 Å². The molecule has 86 valence electrons. The monoisotopic (exact) mass is 222 g/mol. The molecule has 0 bridgehead atoms. The number of amides is 2. The van der Waals surface area contributed by atoms with Crippen LogP contribution >= 0.6 is 0 Å². The second kappa shape index (κ2) is 5.75. The van der Waals surface area contributed by atoms with E-state index in [4.69, 9.17) is 5.11 Å². The number of nitrogens with one attached hydrogen (secondary N) is 2. The highest BCUT2D eigenvalue weighted by Gasteiger charge is 2.05. The van der Waals surface area contributed by atoms with Crippen molar-refractivity contribution in [2.24, 2.45) is 0 Å². The minimum absolute atomic E-state index is 0.113. The lowest BCUT2D eigenvalue weighted by molar-refractivity contribution is -0.120. The minimum Gasteiger partial charge on any atom is -0.508 e. The Morgan fingerprint density at radius 2 is 1.88 bits per heavy atom. The molecule has 0 atom stereocenters. The average Bonchev–Trinajstić information content (AvgIpc) is 2.29. The fourth-order valence-corrected chi connectivity index (χ4v) is 1.13. The van der Waals surface area contributed by atoms with Gasteiger partial charge in [0.2, 0.25) is 5.91 Å². The molecule has 0 aromatic heterocycles. The van der Waals surface area contributed by atoms with Gasteiger partial charge in [-0.2, -0.15) is 0 Å². The van der Waals surface area contributed by atoms with Crippen LogP contribution in [0.5, 0.6) is 5.75 Å². The molecule has 3 N–H and O–H groups in total. The van der Waals surface area contributed by atoms with Crippen molar-refractivity contribution in [2.75, 3.05) is 13.6 Å². The van der Waals surface area contributed by atoms with Crippen molar-refractivity contribution in [1.82, 2.24) is 10.6 Å². The normalized spacial score (nSPS) is 9.56. The number of rotatable bonds is 4. The smallest absolute Gasteiger partial charge is 0.251 e. The Hall–Kier alpha value is -2.04. The van der Waals surface area contributed by atoms with Crippen LogP contribution in [0.3, 0.4) is 0 Å². The van der Waals surface area contributed by atoms with Gasteiger partial charge in [0.25, 0.3) is 5.91 Å². The van der Waals surface area contributed by atoms with Crippen LogP contribution in [0.15, 0.2) is 24.3 Å². The zero-order valence-corrected chi connectivity index (χ0v) is 8.99. The summed E-state index contributed by atoms with van der Waals surface area (Å²) in [7, 11) is 1.55. The predicted octanol–water partition coefficient (Wildman–Crippen LogP) is 0.258. The van der Waals surface area contributed by atoms with Gasteiger partial charge in [-0.1, -0.05) is 0 Å². The van der Waals surface area contributed by atoms with E-state index in [1.165, 1.54) is 24.3 Å². The van der Waals surface area contributed by atoms with E-state index in [-0.39, 0.29) is 24.0 Å². The van der Waals surface area contributed by atoms with Crippen LogP contribution in [0.2, 0.25) is 0 Å². The molecule has 0 spiro atoms. The molecule has 1 aromatic carbocycles. The summed E-state index contributed by atoms with van der Waals surface area (Å²) in [6.07, 6.45) is 0.250. The van der Waals surface area contributed by atoms with E-state index in [0.717, 1.165) is 0 Å². The summed E-state index contributed by atoms with van der Waals surface area (Å²) in [4.78, 5) is 22.4. The van der Waals surface area contributed by atoms with Gasteiger partial charge in [-0.15, -0.1) is 0 Å². The number of hydrogen-bond donors (Lipinski definition) is 3. The van der Waals surface area contributed by atoms with Crippen molar-refractivity contribution in [3.05, 3.63) is 29.8 Å². The van der Waals surface area contributed by atoms with Crippen molar-refractivity contribution in [3.63, 3.8) is 0 Å². The number of phenols is 1. The maximum atomic E-state index is 11.5. The molecule has 5 nitrogen and oxygen atoms in total. The summed E-state index contributed by atoms with van der Waals surface area (Å²) in [5.41, 5.74) is 0.453. The lowest BCUT2D eigenvalue weighted by Crippen LogP contribution is -2.29. The van der Waals surface area contributed by atoms with E-state index in [1.807, 2.05) is 0 Å². The molecule has 0 heterocycles. The SMILES string of the molecule is CNC(=O)CCNC(=O)c1ccc(O)cc1. The topological polar surface area (TPSA) is 78.4 Å². The Labute approximate surface area is 93.5 Å². The number of hydrogen-bond acceptors (Lipinski definition) is 3. The van der Waals surface area contributed by atoms with Crippen LogP contribution in [0.25, 0.3) is 0 Å². The summed E-state index contributed by atoms with van der Waals surface area (Å²) in [6.45, 7) is 0.291. The Bertz CT molecular complexity index is 373.